The predicted octanol–water partition coefficient (Wildman–Crippen LogP) is 7.01. The van der Waals surface area contributed by atoms with Gasteiger partial charge in [0.05, 0.1) is 17.5 Å². The van der Waals surface area contributed by atoms with Crippen LogP contribution in [0.1, 0.15) is 52.4 Å². The van der Waals surface area contributed by atoms with Crippen LogP contribution in [-0.2, 0) is 9.59 Å². The van der Waals surface area contributed by atoms with Gasteiger partial charge in [-0.1, -0.05) is 13.8 Å². The Hall–Kier alpha value is -2.82. The number of carbonyl (C=O) groups is 2. The summed E-state index contributed by atoms with van der Waals surface area (Å²) in [5.41, 5.74) is 1.79. The summed E-state index contributed by atoms with van der Waals surface area (Å²) >= 11 is 0. The van der Waals surface area contributed by atoms with Crippen molar-refractivity contribution >= 4 is 23.2 Å². The van der Waals surface area contributed by atoms with Crippen LogP contribution in [0.25, 0.3) is 0 Å². The third-order valence-electron chi connectivity index (χ3n) is 11.7. The maximum atomic E-state index is 13.8. The van der Waals surface area contributed by atoms with Gasteiger partial charge < -0.3 is 9.64 Å². The van der Waals surface area contributed by atoms with E-state index in [-0.39, 0.29) is 23.7 Å². The zero-order chi connectivity index (χ0) is 27.0. The summed E-state index contributed by atoms with van der Waals surface area (Å²) in [6, 6.07) is 15.4. The molecule has 5 aliphatic rings. The summed E-state index contributed by atoms with van der Waals surface area (Å²) in [4.78, 5) is 30.9. The second kappa shape index (κ2) is 9.38. The third kappa shape index (κ3) is 4.02. The Labute approximate surface area is 232 Å². The van der Waals surface area contributed by atoms with Gasteiger partial charge in [0, 0.05) is 19.8 Å². The van der Waals surface area contributed by atoms with Crippen molar-refractivity contribution < 1.29 is 14.3 Å². The van der Waals surface area contributed by atoms with Crippen molar-refractivity contribution in [1.29, 1.82) is 0 Å². The highest BCUT2D eigenvalue weighted by Crippen LogP contribution is 2.62. The molecule has 0 aromatic heterocycles. The number of benzene rings is 2. The highest BCUT2D eigenvalue weighted by Gasteiger charge is 2.64. The number of imide groups is 1. The Morgan fingerprint density at radius 2 is 1.49 bits per heavy atom. The molecular weight excluding hydrogens is 484 g/mol. The Bertz CT molecular complexity index is 1250. The van der Waals surface area contributed by atoms with Gasteiger partial charge >= 0.3 is 0 Å². The number of fused-ring (bicyclic) bond motifs is 7. The van der Waals surface area contributed by atoms with E-state index >= 15 is 0 Å². The zero-order valence-corrected chi connectivity index (χ0v) is 23.8. The van der Waals surface area contributed by atoms with E-state index in [1.807, 2.05) is 67.5 Å². The molecule has 39 heavy (non-hydrogen) atoms. The van der Waals surface area contributed by atoms with Crippen LogP contribution in [0.4, 0.5) is 11.4 Å². The van der Waals surface area contributed by atoms with Crippen molar-refractivity contribution in [3.8, 4) is 11.5 Å². The first kappa shape index (κ1) is 25.2. The van der Waals surface area contributed by atoms with Gasteiger partial charge in [-0.05, 0) is 134 Å². The highest BCUT2D eigenvalue weighted by molar-refractivity contribution is 6.22. The van der Waals surface area contributed by atoms with E-state index in [9.17, 15) is 9.59 Å². The molecule has 5 nitrogen and oxygen atoms in total. The average molecular weight is 527 g/mol. The topological polar surface area (TPSA) is 49.9 Å². The lowest BCUT2D eigenvalue weighted by molar-refractivity contribution is -0.123. The lowest BCUT2D eigenvalue weighted by atomic mass is 9.67. The fourth-order valence-corrected chi connectivity index (χ4v) is 9.74. The van der Waals surface area contributed by atoms with E-state index in [1.54, 1.807) is 0 Å². The predicted molar refractivity (Wildman–Crippen MR) is 154 cm³/mol. The van der Waals surface area contributed by atoms with Crippen LogP contribution in [0.2, 0.25) is 0 Å². The fraction of sp³-hybridized carbons (Fsp3) is 0.588. The SMILES string of the molecule is CC(CC1C2CCC(C2)C1C)C1CC2CC1[C@H]1C(=O)N(c3ccc(Oc4ccc(N(C)C)cc4)cc3)C(=O)[C@@H]21. The van der Waals surface area contributed by atoms with Crippen molar-refractivity contribution in [3.63, 3.8) is 0 Å². The number of rotatable bonds is 7. The molecule has 4 saturated carbocycles. The molecule has 2 aromatic carbocycles. The van der Waals surface area contributed by atoms with E-state index < -0.39 is 0 Å². The Morgan fingerprint density at radius 3 is 2.13 bits per heavy atom. The molecule has 0 N–H and O–H groups in total. The quantitative estimate of drug-likeness (QED) is 0.364. The molecule has 5 fully saturated rings. The van der Waals surface area contributed by atoms with Gasteiger partial charge in [-0.15, -0.1) is 0 Å². The zero-order valence-electron chi connectivity index (χ0n) is 23.8. The number of ether oxygens (including phenoxy) is 1. The number of hydrogen-bond donors (Lipinski definition) is 0. The van der Waals surface area contributed by atoms with Gasteiger partial charge in [-0.3, -0.25) is 14.5 Å². The van der Waals surface area contributed by atoms with Crippen molar-refractivity contribution in [2.24, 2.45) is 59.2 Å². The molecule has 0 spiro atoms. The summed E-state index contributed by atoms with van der Waals surface area (Å²) in [7, 11) is 4.02. The molecule has 10 atom stereocenters. The molecule has 1 aliphatic heterocycles. The van der Waals surface area contributed by atoms with Crippen molar-refractivity contribution in [1.82, 2.24) is 0 Å². The van der Waals surface area contributed by atoms with E-state index in [0.717, 1.165) is 48.0 Å². The molecule has 8 unspecified atom stereocenters. The van der Waals surface area contributed by atoms with E-state index in [0.29, 0.717) is 35.1 Å². The molecule has 5 heteroatoms. The van der Waals surface area contributed by atoms with Crippen LogP contribution >= 0.6 is 0 Å². The largest absolute Gasteiger partial charge is 0.457 e. The summed E-state index contributed by atoms with van der Waals surface area (Å²) in [6.07, 6.45) is 7.85. The molecule has 7 rings (SSSR count). The summed E-state index contributed by atoms with van der Waals surface area (Å²) in [5, 5.41) is 0. The smallest absolute Gasteiger partial charge is 0.237 e. The highest BCUT2D eigenvalue weighted by atomic mass is 16.5. The Morgan fingerprint density at radius 1 is 0.846 bits per heavy atom. The lowest BCUT2D eigenvalue weighted by Gasteiger charge is -2.37. The Balaban J connectivity index is 1.03. The standard InChI is InChI=1S/C34H42N2O3/c1-19(15-29-20(2)21-5-6-22(29)16-21)28-17-23-18-30(28)32-31(23)33(37)36(34(32)38)25-9-13-27(14-10-25)39-26-11-7-24(8-12-26)35(3)4/h7-14,19-23,28-32H,5-6,15-18H2,1-4H3/t19?,20?,21?,22?,23?,28?,29?,30?,31-,32+/m0/s1. The summed E-state index contributed by atoms with van der Waals surface area (Å²) < 4.78 is 6.02. The maximum absolute atomic E-state index is 13.8. The van der Waals surface area contributed by atoms with Gasteiger partial charge in [0.25, 0.3) is 0 Å². The second-order valence-electron chi connectivity index (χ2n) is 13.7. The molecule has 2 amide bonds. The monoisotopic (exact) mass is 526 g/mol. The number of anilines is 2. The molecule has 2 aromatic rings. The minimum Gasteiger partial charge on any atom is -0.457 e. The van der Waals surface area contributed by atoms with Gasteiger partial charge in [0.1, 0.15) is 11.5 Å². The molecule has 1 saturated heterocycles. The lowest BCUT2D eigenvalue weighted by Crippen LogP contribution is -2.35. The normalized spacial score (nSPS) is 37.0. The van der Waals surface area contributed by atoms with Crippen LogP contribution in [0.15, 0.2) is 48.5 Å². The van der Waals surface area contributed by atoms with Gasteiger partial charge in [-0.2, -0.15) is 0 Å². The molecular formula is C34H42N2O3. The van der Waals surface area contributed by atoms with Crippen molar-refractivity contribution in [2.75, 3.05) is 23.9 Å². The van der Waals surface area contributed by atoms with E-state index in [2.05, 4.69) is 13.8 Å². The first-order valence-corrected chi connectivity index (χ1v) is 15.2. The Kier molecular flexibility index (Phi) is 6.06. The van der Waals surface area contributed by atoms with Crippen LogP contribution in [0, 0.1) is 59.2 Å². The van der Waals surface area contributed by atoms with Gasteiger partial charge in [-0.25, -0.2) is 0 Å². The second-order valence-corrected chi connectivity index (χ2v) is 13.7. The molecule has 1 heterocycles. The number of amides is 2. The van der Waals surface area contributed by atoms with Gasteiger partial charge in [0.15, 0.2) is 0 Å². The van der Waals surface area contributed by atoms with E-state index in [1.165, 1.54) is 30.6 Å². The average Bonchev–Trinajstić information content (AvgIpc) is 3.74. The first-order chi connectivity index (χ1) is 18.8. The number of nitrogens with zero attached hydrogens (tertiary/aromatic N) is 2. The molecule has 206 valence electrons. The van der Waals surface area contributed by atoms with Crippen molar-refractivity contribution in [3.05, 3.63) is 48.5 Å². The summed E-state index contributed by atoms with van der Waals surface area (Å²) in [5.74, 6) is 6.91. The van der Waals surface area contributed by atoms with Crippen LogP contribution in [0.5, 0.6) is 11.5 Å². The van der Waals surface area contributed by atoms with Crippen LogP contribution < -0.4 is 14.5 Å². The van der Waals surface area contributed by atoms with E-state index in [4.69, 9.17) is 4.74 Å². The minimum atomic E-state index is -0.118. The van der Waals surface area contributed by atoms with Crippen LogP contribution in [-0.4, -0.2) is 25.9 Å². The number of carbonyl (C=O) groups excluding carboxylic acids is 2. The minimum absolute atomic E-state index is 0.0262. The summed E-state index contributed by atoms with van der Waals surface area (Å²) in [6.45, 7) is 4.94. The first-order valence-electron chi connectivity index (χ1n) is 15.2. The van der Waals surface area contributed by atoms with Gasteiger partial charge in [0.2, 0.25) is 11.8 Å². The fourth-order valence-electron chi connectivity index (χ4n) is 9.74. The maximum Gasteiger partial charge on any atom is 0.237 e. The molecule has 4 bridgehead atoms. The van der Waals surface area contributed by atoms with Crippen molar-refractivity contribution in [2.45, 2.75) is 52.4 Å². The number of hydrogen-bond acceptors (Lipinski definition) is 4. The molecule has 4 aliphatic carbocycles. The third-order valence-corrected chi connectivity index (χ3v) is 11.7. The molecule has 0 radical (unpaired) electrons. The van der Waals surface area contributed by atoms with Crippen LogP contribution in [0.3, 0.4) is 0 Å².